The number of hydrogen-bond acceptors (Lipinski definition) is 4. The smallest absolute Gasteiger partial charge is 0.182 e. The van der Waals surface area contributed by atoms with Crippen LogP contribution in [0, 0.1) is 0 Å². The van der Waals surface area contributed by atoms with Crippen LogP contribution in [0.1, 0.15) is 52.7 Å². The van der Waals surface area contributed by atoms with E-state index in [1.807, 2.05) is 23.0 Å². The van der Waals surface area contributed by atoms with E-state index >= 15 is 0 Å². The van der Waals surface area contributed by atoms with Gasteiger partial charge in [0.25, 0.3) is 0 Å². The van der Waals surface area contributed by atoms with Gasteiger partial charge in [-0.05, 0) is 34.6 Å². The average molecular weight is 348 g/mol. The first-order valence-corrected chi connectivity index (χ1v) is 8.85. The lowest BCUT2D eigenvalue weighted by Gasteiger charge is -2.22. The van der Waals surface area contributed by atoms with Crippen molar-refractivity contribution in [3.63, 3.8) is 0 Å². The van der Waals surface area contributed by atoms with E-state index in [0.717, 1.165) is 22.4 Å². The Bertz CT molecular complexity index is 1100. The van der Waals surface area contributed by atoms with Gasteiger partial charge in [-0.3, -0.25) is 0 Å². The molecule has 0 aromatic carbocycles. The monoisotopic (exact) mass is 348 g/mol. The lowest BCUT2D eigenvalue weighted by atomic mass is 9.84. The predicted octanol–water partition coefficient (Wildman–Crippen LogP) is 4.03. The second-order valence-corrected chi connectivity index (χ2v) is 8.79. The quantitative estimate of drug-likeness (QED) is 0.521. The first-order chi connectivity index (χ1) is 12.1. The molecule has 0 amide bonds. The van der Waals surface area contributed by atoms with E-state index in [1.54, 1.807) is 10.8 Å². The molecule has 4 aromatic heterocycles. The molecule has 0 aliphatic heterocycles. The predicted molar refractivity (Wildman–Crippen MR) is 102 cm³/mol. The van der Waals surface area contributed by atoms with E-state index in [1.165, 1.54) is 5.56 Å². The third kappa shape index (κ3) is 2.66. The van der Waals surface area contributed by atoms with Gasteiger partial charge in [0.2, 0.25) is 0 Å². The summed E-state index contributed by atoms with van der Waals surface area (Å²) in [4.78, 5) is 9.28. The summed E-state index contributed by atoms with van der Waals surface area (Å²) in [5, 5.41) is 8.99. The largest absolute Gasteiger partial charge is 0.221 e. The van der Waals surface area contributed by atoms with E-state index in [2.05, 4.69) is 63.8 Å². The number of hydrogen-bond donors (Lipinski definition) is 0. The van der Waals surface area contributed by atoms with E-state index in [9.17, 15) is 0 Å². The van der Waals surface area contributed by atoms with Crippen molar-refractivity contribution in [2.45, 2.75) is 52.4 Å². The van der Waals surface area contributed by atoms with Gasteiger partial charge in [0.05, 0.1) is 0 Å². The highest BCUT2D eigenvalue weighted by molar-refractivity contribution is 5.71. The molecule has 0 aliphatic carbocycles. The molecule has 0 N–H and O–H groups in total. The highest BCUT2D eigenvalue weighted by Crippen LogP contribution is 2.34. The Balaban J connectivity index is 1.95. The summed E-state index contributed by atoms with van der Waals surface area (Å²) < 4.78 is 3.64. The second-order valence-electron chi connectivity index (χ2n) is 8.79. The van der Waals surface area contributed by atoms with Crippen molar-refractivity contribution in [1.29, 1.82) is 0 Å². The number of pyridine rings is 2. The summed E-state index contributed by atoms with van der Waals surface area (Å²) in [6.45, 7) is 13.1. The number of nitrogens with zero attached hydrogens (tertiary/aromatic N) is 6. The molecule has 0 aliphatic rings. The Kier molecular flexibility index (Phi) is 3.45. The van der Waals surface area contributed by atoms with Gasteiger partial charge >= 0.3 is 0 Å². The highest BCUT2D eigenvalue weighted by atomic mass is 15.3. The normalized spacial score (nSPS) is 13.0. The zero-order valence-corrected chi connectivity index (χ0v) is 16.1. The fourth-order valence-electron chi connectivity index (χ4n) is 3.28. The summed E-state index contributed by atoms with van der Waals surface area (Å²) in [6.07, 6.45) is 5.49. The molecule has 4 heterocycles. The number of rotatable bonds is 1. The Morgan fingerprint density at radius 2 is 1.62 bits per heavy atom. The first-order valence-electron chi connectivity index (χ1n) is 8.85. The standard InChI is InChI=1S/C20H24N6/c1-19(2,3)13-7-9-25-15(11-13)23-17(24-25)14-8-10-26-18(21-12-22-26)16(14)20(4,5)6/h7-12H,1-6H3. The van der Waals surface area contributed by atoms with Crippen LogP contribution in [0.2, 0.25) is 0 Å². The third-order valence-corrected chi connectivity index (χ3v) is 4.64. The van der Waals surface area contributed by atoms with Crippen LogP contribution >= 0.6 is 0 Å². The third-order valence-electron chi connectivity index (χ3n) is 4.64. The molecule has 6 nitrogen and oxygen atoms in total. The first kappa shape index (κ1) is 16.7. The van der Waals surface area contributed by atoms with Crippen LogP contribution in [-0.4, -0.2) is 29.2 Å². The van der Waals surface area contributed by atoms with Gasteiger partial charge in [0.1, 0.15) is 6.33 Å². The zero-order chi connectivity index (χ0) is 18.7. The van der Waals surface area contributed by atoms with E-state index in [4.69, 9.17) is 10.1 Å². The maximum atomic E-state index is 4.82. The molecule has 4 aromatic rings. The molecule has 0 radical (unpaired) electrons. The summed E-state index contributed by atoms with van der Waals surface area (Å²) in [5.41, 5.74) is 5.01. The van der Waals surface area contributed by atoms with Crippen molar-refractivity contribution in [2.24, 2.45) is 0 Å². The molecule has 6 heteroatoms. The van der Waals surface area contributed by atoms with Crippen LogP contribution < -0.4 is 0 Å². The molecule has 0 bridgehead atoms. The van der Waals surface area contributed by atoms with E-state index < -0.39 is 0 Å². The van der Waals surface area contributed by atoms with Gasteiger partial charge in [-0.2, -0.15) is 5.10 Å². The van der Waals surface area contributed by atoms with Gasteiger partial charge in [-0.25, -0.2) is 19.0 Å². The van der Waals surface area contributed by atoms with Crippen LogP contribution in [0.15, 0.2) is 36.9 Å². The summed E-state index contributed by atoms with van der Waals surface area (Å²) >= 11 is 0. The number of fused-ring (bicyclic) bond motifs is 2. The molecule has 0 saturated carbocycles. The molecular weight excluding hydrogens is 324 g/mol. The van der Waals surface area contributed by atoms with Crippen LogP contribution in [0.3, 0.4) is 0 Å². The van der Waals surface area contributed by atoms with Gasteiger partial charge < -0.3 is 0 Å². The Hall–Kier alpha value is -2.76. The molecule has 4 rings (SSSR count). The molecule has 134 valence electrons. The van der Waals surface area contributed by atoms with Crippen LogP contribution in [0.25, 0.3) is 22.7 Å². The summed E-state index contributed by atoms with van der Waals surface area (Å²) in [7, 11) is 0. The van der Waals surface area contributed by atoms with E-state index in [0.29, 0.717) is 5.82 Å². The summed E-state index contributed by atoms with van der Waals surface area (Å²) in [5.74, 6) is 0.714. The number of aromatic nitrogens is 6. The fraction of sp³-hybridized carbons (Fsp3) is 0.400. The van der Waals surface area contributed by atoms with Crippen LogP contribution in [0.5, 0.6) is 0 Å². The van der Waals surface area contributed by atoms with Gasteiger partial charge in [0.15, 0.2) is 17.1 Å². The maximum absolute atomic E-state index is 4.82. The minimum Gasteiger partial charge on any atom is -0.221 e. The van der Waals surface area contributed by atoms with Crippen LogP contribution in [-0.2, 0) is 10.8 Å². The van der Waals surface area contributed by atoms with Crippen molar-refractivity contribution in [2.75, 3.05) is 0 Å². The van der Waals surface area contributed by atoms with Crippen molar-refractivity contribution in [3.8, 4) is 11.4 Å². The molecule has 0 saturated heterocycles. The van der Waals surface area contributed by atoms with Gasteiger partial charge in [-0.1, -0.05) is 41.5 Å². The highest BCUT2D eigenvalue weighted by Gasteiger charge is 2.25. The zero-order valence-electron chi connectivity index (χ0n) is 16.1. The molecule has 0 unspecified atom stereocenters. The molecule has 0 spiro atoms. The van der Waals surface area contributed by atoms with Gasteiger partial charge in [-0.15, -0.1) is 5.10 Å². The van der Waals surface area contributed by atoms with Crippen molar-refractivity contribution in [3.05, 3.63) is 48.0 Å². The average Bonchev–Trinajstić information content (AvgIpc) is 3.17. The van der Waals surface area contributed by atoms with Crippen LogP contribution in [0.4, 0.5) is 0 Å². The Morgan fingerprint density at radius 1 is 0.885 bits per heavy atom. The molecule has 0 atom stereocenters. The van der Waals surface area contributed by atoms with E-state index in [-0.39, 0.29) is 10.8 Å². The molecule has 26 heavy (non-hydrogen) atoms. The van der Waals surface area contributed by atoms with Gasteiger partial charge in [0, 0.05) is 23.5 Å². The maximum Gasteiger partial charge on any atom is 0.182 e. The fourth-order valence-corrected chi connectivity index (χ4v) is 3.28. The topological polar surface area (TPSA) is 60.4 Å². The summed E-state index contributed by atoms with van der Waals surface area (Å²) in [6, 6.07) is 6.25. The second kappa shape index (κ2) is 5.37. The van der Waals surface area contributed by atoms with Crippen molar-refractivity contribution < 1.29 is 0 Å². The minimum absolute atomic E-state index is 0.0743. The molecular formula is C20H24N6. The Labute approximate surface area is 152 Å². The SMILES string of the molecule is CC(C)(C)c1ccn2nc(-c3ccn4ncnc4c3C(C)(C)C)nc2c1. The lowest BCUT2D eigenvalue weighted by molar-refractivity contribution is 0.589. The molecule has 0 fully saturated rings. The minimum atomic E-state index is -0.112. The lowest BCUT2D eigenvalue weighted by Crippen LogP contribution is -2.15. The van der Waals surface area contributed by atoms with Crippen molar-refractivity contribution in [1.82, 2.24) is 29.2 Å². The Morgan fingerprint density at radius 3 is 2.31 bits per heavy atom. The van der Waals surface area contributed by atoms with Crippen molar-refractivity contribution >= 4 is 11.3 Å².